The average Bonchev–Trinajstić information content (AvgIpc) is 1.90. The van der Waals surface area contributed by atoms with Gasteiger partial charge in [-0.1, -0.05) is 34.6 Å². The number of hydrogen-bond donors (Lipinski definition) is 0. The van der Waals surface area contributed by atoms with Crippen molar-refractivity contribution in [3.05, 3.63) is 0 Å². The Bertz CT molecular complexity index is 153. The van der Waals surface area contributed by atoms with Gasteiger partial charge in [-0.3, -0.25) is 0 Å². The molecule has 0 unspecified atom stereocenters. The van der Waals surface area contributed by atoms with E-state index in [0.29, 0.717) is 0 Å². The smallest absolute Gasteiger partial charge is 0.0695 e. The lowest BCUT2D eigenvalue weighted by Gasteiger charge is -2.37. The van der Waals surface area contributed by atoms with E-state index in [0.717, 1.165) is 12.8 Å². The second-order valence-corrected chi connectivity index (χ2v) is 4.15. The summed E-state index contributed by atoms with van der Waals surface area (Å²) in [6.45, 7) is 10.6. The predicted octanol–water partition coefficient (Wildman–Crippen LogP) is 3.36. The van der Waals surface area contributed by atoms with Crippen LogP contribution in [0.2, 0.25) is 0 Å². The summed E-state index contributed by atoms with van der Waals surface area (Å²) in [7, 11) is 0. The minimum Gasteiger partial charge on any atom is -0.198 e. The van der Waals surface area contributed by atoms with E-state index in [9.17, 15) is 0 Å². The summed E-state index contributed by atoms with van der Waals surface area (Å²) in [5.41, 5.74) is -0.0295. The zero-order valence-corrected chi connectivity index (χ0v) is 8.36. The summed E-state index contributed by atoms with van der Waals surface area (Å²) < 4.78 is 0. The van der Waals surface area contributed by atoms with Gasteiger partial charge in [0.1, 0.15) is 0 Å². The van der Waals surface area contributed by atoms with Crippen LogP contribution in [0.1, 0.15) is 47.5 Å². The van der Waals surface area contributed by atoms with Crippen molar-refractivity contribution in [3.63, 3.8) is 0 Å². The summed E-state index contributed by atoms with van der Waals surface area (Å²) in [5.74, 6) is 0. The first-order valence-electron chi connectivity index (χ1n) is 4.34. The Morgan fingerprint density at radius 2 is 1.45 bits per heavy atom. The third-order valence-corrected chi connectivity index (χ3v) is 2.86. The van der Waals surface area contributed by atoms with E-state index < -0.39 is 0 Å². The monoisotopic (exact) mass is 153 g/mol. The molecule has 0 bridgehead atoms. The zero-order chi connectivity index (χ0) is 9.12. The van der Waals surface area contributed by atoms with Crippen molar-refractivity contribution in [2.24, 2.45) is 10.8 Å². The van der Waals surface area contributed by atoms with Crippen molar-refractivity contribution >= 4 is 0 Å². The van der Waals surface area contributed by atoms with Crippen molar-refractivity contribution in [1.82, 2.24) is 0 Å². The molecule has 64 valence electrons. The van der Waals surface area contributed by atoms with Crippen LogP contribution in [0.25, 0.3) is 0 Å². The van der Waals surface area contributed by atoms with Crippen LogP contribution >= 0.6 is 0 Å². The molecule has 0 saturated carbocycles. The predicted molar refractivity (Wildman–Crippen MR) is 48.1 cm³/mol. The molecule has 0 aliphatic carbocycles. The normalized spacial score (nSPS) is 12.7. The van der Waals surface area contributed by atoms with Gasteiger partial charge >= 0.3 is 0 Å². The van der Waals surface area contributed by atoms with Crippen LogP contribution in [-0.2, 0) is 0 Å². The largest absolute Gasteiger partial charge is 0.198 e. The Morgan fingerprint density at radius 3 is 1.45 bits per heavy atom. The van der Waals surface area contributed by atoms with Crippen LogP contribution in [0.3, 0.4) is 0 Å². The van der Waals surface area contributed by atoms with E-state index >= 15 is 0 Å². The molecule has 0 aliphatic rings. The number of nitrogens with zero attached hydrogens (tertiary/aromatic N) is 1. The number of hydrogen-bond acceptors (Lipinski definition) is 1. The molecule has 0 aromatic carbocycles. The quantitative estimate of drug-likeness (QED) is 0.596. The van der Waals surface area contributed by atoms with Crippen LogP contribution in [0.5, 0.6) is 0 Å². The molecule has 0 aromatic rings. The molecule has 0 fully saturated rings. The second kappa shape index (κ2) is 3.26. The maximum absolute atomic E-state index is 9.06. The highest BCUT2D eigenvalue weighted by molar-refractivity contribution is 5.04. The first kappa shape index (κ1) is 10.5. The maximum Gasteiger partial charge on any atom is 0.0695 e. The van der Waals surface area contributed by atoms with Gasteiger partial charge in [-0.15, -0.1) is 0 Å². The van der Waals surface area contributed by atoms with Gasteiger partial charge in [0.2, 0.25) is 0 Å². The molecule has 1 heteroatoms. The number of nitriles is 1. The Kier molecular flexibility index (Phi) is 3.11. The van der Waals surface area contributed by atoms with Gasteiger partial charge in [-0.2, -0.15) is 5.26 Å². The summed E-state index contributed by atoms with van der Waals surface area (Å²) in [6, 6.07) is 2.45. The summed E-state index contributed by atoms with van der Waals surface area (Å²) in [5, 5.41) is 9.06. The fourth-order valence-corrected chi connectivity index (χ4v) is 1.64. The van der Waals surface area contributed by atoms with Crippen molar-refractivity contribution in [2.75, 3.05) is 0 Å². The van der Waals surface area contributed by atoms with Gasteiger partial charge in [-0.25, -0.2) is 0 Å². The van der Waals surface area contributed by atoms with E-state index in [4.69, 9.17) is 5.26 Å². The minimum atomic E-state index is -0.132. The standard InChI is InChI=1S/C10H19N/c1-6-10(7-2,8-11)9(3,4)5/h6-7H2,1-5H3. The lowest BCUT2D eigenvalue weighted by atomic mass is 9.64. The first-order valence-corrected chi connectivity index (χ1v) is 4.34. The molecule has 0 radical (unpaired) electrons. The molecular formula is C10H19N. The van der Waals surface area contributed by atoms with Crippen molar-refractivity contribution in [3.8, 4) is 6.07 Å². The molecule has 0 rings (SSSR count). The summed E-state index contributed by atoms with van der Waals surface area (Å²) in [6.07, 6.45) is 1.90. The van der Waals surface area contributed by atoms with Crippen LogP contribution in [-0.4, -0.2) is 0 Å². The molecule has 0 aromatic heterocycles. The van der Waals surface area contributed by atoms with Gasteiger partial charge in [0.15, 0.2) is 0 Å². The number of rotatable bonds is 2. The highest BCUT2D eigenvalue weighted by atomic mass is 14.4. The van der Waals surface area contributed by atoms with Gasteiger partial charge in [0.25, 0.3) is 0 Å². The van der Waals surface area contributed by atoms with Crippen LogP contribution < -0.4 is 0 Å². The van der Waals surface area contributed by atoms with Gasteiger partial charge in [-0.05, 0) is 18.3 Å². The minimum absolute atomic E-state index is 0.102. The van der Waals surface area contributed by atoms with Crippen molar-refractivity contribution < 1.29 is 0 Å². The third-order valence-electron chi connectivity index (χ3n) is 2.86. The molecule has 0 spiro atoms. The summed E-state index contributed by atoms with van der Waals surface area (Å²) >= 11 is 0. The summed E-state index contributed by atoms with van der Waals surface area (Å²) in [4.78, 5) is 0. The fraction of sp³-hybridized carbons (Fsp3) is 0.900. The van der Waals surface area contributed by atoms with E-state index in [-0.39, 0.29) is 10.8 Å². The van der Waals surface area contributed by atoms with E-state index in [2.05, 4.69) is 40.7 Å². The highest BCUT2D eigenvalue weighted by Crippen LogP contribution is 2.43. The molecule has 0 saturated heterocycles. The third kappa shape index (κ3) is 1.74. The van der Waals surface area contributed by atoms with Crippen molar-refractivity contribution in [1.29, 1.82) is 5.26 Å². The van der Waals surface area contributed by atoms with E-state index in [1.54, 1.807) is 0 Å². The van der Waals surface area contributed by atoms with Crippen LogP contribution in [0, 0.1) is 22.2 Å². The van der Waals surface area contributed by atoms with Gasteiger partial charge < -0.3 is 0 Å². The fourth-order valence-electron chi connectivity index (χ4n) is 1.64. The lowest BCUT2D eigenvalue weighted by molar-refractivity contribution is 0.142. The zero-order valence-electron chi connectivity index (χ0n) is 8.36. The Balaban J connectivity index is 4.73. The van der Waals surface area contributed by atoms with Crippen molar-refractivity contribution in [2.45, 2.75) is 47.5 Å². The van der Waals surface area contributed by atoms with E-state index in [1.807, 2.05) is 0 Å². The average molecular weight is 153 g/mol. The van der Waals surface area contributed by atoms with Crippen LogP contribution in [0.15, 0.2) is 0 Å². The SMILES string of the molecule is CCC(C#N)(CC)C(C)(C)C. The Labute approximate surface area is 70.4 Å². The maximum atomic E-state index is 9.06. The molecule has 0 heterocycles. The topological polar surface area (TPSA) is 23.8 Å². The van der Waals surface area contributed by atoms with Gasteiger partial charge in [0, 0.05) is 0 Å². The van der Waals surface area contributed by atoms with E-state index in [1.165, 1.54) is 0 Å². The lowest BCUT2D eigenvalue weighted by Crippen LogP contribution is -2.32. The molecule has 0 amide bonds. The molecule has 0 atom stereocenters. The first-order chi connectivity index (χ1) is 4.93. The molecular weight excluding hydrogens is 134 g/mol. The van der Waals surface area contributed by atoms with Crippen LogP contribution in [0.4, 0.5) is 0 Å². The Hall–Kier alpha value is -0.510. The molecule has 1 nitrogen and oxygen atoms in total. The highest BCUT2D eigenvalue weighted by Gasteiger charge is 2.38. The molecule has 11 heavy (non-hydrogen) atoms. The molecule has 0 aliphatic heterocycles. The second-order valence-electron chi connectivity index (χ2n) is 4.15. The Morgan fingerprint density at radius 1 is 1.09 bits per heavy atom. The molecule has 0 N–H and O–H groups in total. The van der Waals surface area contributed by atoms with Gasteiger partial charge in [0.05, 0.1) is 11.5 Å².